The lowest BCUT2D eigenvalue weighted by Gasteiger charge is -2.27. The lowest BCUT2D eigenvalue weighted by molar-refractivity contribution is -0.185. The highest BCUT2D eigenvalue weighted by molar-refractivity contribution is 5.64. The second-order valence-corrected chi connectivity index (χ2v) is 8.70. The molecule has 0 amide bonds. The number of aryl methyl sites for hydroxylation is 1. The van der Waals surface area contributed by atoms with Gasteiger partial charge in [0, 0.05) is 6.07 Å². The fraction of sp³-hybridized carbons (Fsp3) is 0.333. The van der Waals surface area contributed by atoms with Crippen LogP contribution in [0.1, 0.15) is 55.2 Å². The minimum Gasteiger partial charge on any atom is -0.429 e. The lowest BCUT2D eigenvalue weighted by Crippen LogP contribution is -2.22. The molecule has 3 aromatic carbocycles. The van der Waals surface area contributed by atoms with Gasteiger partial charge in [-0.1, -0.05) is 67.8 Å². The number of hydrogen-bond donors (Lipinski definition) is 0. The Bertz CT molecular complexity index is 1020. The smallest absolute Gasteiger partial charge is 0.426 e. The van der Waals surface area contributed by atoms with Gasteiger partial charge in [-0.15, -0.1) is 0 Å². The first-order chi connectivity index (χ1) is 14.8. The Kier molecular flexibility index (Phi) is 6.08. The maximum Gasteiger partial charge on any atom is 0.426 e. The first-order valence-corrected chi connectivity index (χ1v) is 10.9. The van der Waals surface area contributed by atoms with Crippen molar-refractivity contribution < 1.29 is 17.9 Å². The predicted octanol–water partition coefficient (Wildman–Crippen LogP) is 8.22. The van der Waals surface area contributed by atoms with Crippen LogP contribution in [0.3, 0.4) is 0 Å². The molecule has 1 fully saturated rings. The van der Waals surface area contributed by atoms with Crippen LogP contribution in [-0.4, -0.2) is 0 Å². The van der Waals surface area contributed by atoms with Gasteiger partial charge in [0.15, 0.2) is 0 Å². The molecule has 162 valence electrons. The molecule has 0 saturated heterocycles. The summed E-state index contributed by atoms with van der Waals surface area (Å²) in [5.74, 6) is 0.179. The van der Waals surface area contributed by atoms with Crippen LogP contribution in [0.2, 0.25) is 0 Å². The highest BCUT2D eigenvalue weighted by Gasteiger charge is 2.35. The summed E-state index contributed by atoms with van der Waals surface area (Å²) >= 11 is 0. The van der Waals surface area contributed by atoms with Crippen LogP contribution in [0.5, 0.6) is 5.75 Å². The summed E-state index contributed by atoms with van der Waals surface area (Å²) in [5, 5.41) is 0. The van der Waals surface area contributed by atoms with Gasteiger partial charge >= 0.3 is 6.11 Å². The van der Waals surface area contributed by atoms with E-state index >= 15 is 0 Å². The number of halogens is 3. The van der Waals surface area contributed by atoms with E-state index in [2.05, 4.69) is 6.92 Å². The number of ether oxygens (including phenoxy) is 1. The largest absolute Gasteiger partial charge is 0.429 e. The van der Waals surface area contributed by atoms with Crippen LogP contribution in [-0.2, 0) is 6.11 Å². The molecule has 0 atom stereocenters. The van der Waals surface area contributed by atoms with Crippen molar-refractivity contribution >= 4 is 0 Å². The SMILES string of the molecule is Cc1ccc(-c2ccc(C(F)(F)Oc3ccc(C4CCC(C)CC4)c(F)c3)cc2)cc1. The van der Waals surface area contributed by atoms with Gasteiger partial charge in [-0.2, -0.15) is 8.78 Å². The minimum atomic E-state index is -3.56. The Morgan fingerprint density at radius 3 is 1.97 bits per heavy atom. The zero-order valence-corrected chi connectivity index (χ0v) is 17.9. The molecule has 4 rings (SSSR count). The monoisotopic (exact) mass is 424 g/mol. The van der Waals surface area contributed by atoms with Gasteiger partial charge in [0.1, 0.15) is 11.6 Å². The van der Waals surface area contributed by atoms with E-state index in [1.54, 1.807) is 18.2 Å². The predicted molar refractivity (Wildman–Crippen MR) is 118 cm³/mol. The maximum absolute atomic E-state index is 14.7. The molecule has 0 aliphatic heterocycles. The van der Waals surface area contributed by atoms with E-state index in [-0.39, 0.29) is 17.2 Å². The van der Waals surface area contributed by atoms with Crippen molar-refractivity contribution in [2.75, 3.05) is 0 Å². The number of alkyl halides is 2. The van der Waals surface area contributed by atoms with E-state index < -0.39 is 11.9 Å². The van der Waals surface area contributed by atoms with Crippen molar-refractivity contribution in [3.05, 3.63) is 89.2 Å². The molecule has 0 unspecified atom stereocenters. The third-order valence-corrected chi connectivity index (χ3v) is 6.28. The second kappa shape index (κ2) is 8.78. The molecule has 0 N–H and O–H groups in total. The summed E-state index contributed by atoms with van der Waals surface area (Å²) in [6.07, 6.45) is 0.446. The van der Waals surface area contributed by atoms with Gasteiger partial charge in [0.2, 0.25) is 0 Å². The van der Waals surface area contributed by atoms with Crippen molar-refractivity contribution in [3.63, 3.8) is 0 Å². The van der Waals surface area contributed by atoms with Crippen molar-refractivity contribution in [3.8, 4) is 16.9 Å². The van der Waals surface area contributed by atoms with Crippen LogP contribution in [0.25, 0.3) is 11.1 Å². The zero-order chi connectivity index (χ0) is 22.0. The van der Waals surface area contributed by atoms with Crippen LogP contribution in [0.4, 0.5) is 13.2 Å². The number of rotatable bonds is 5. The third kappa shape index (κ3) is 4.95. The van der Waals surface area contributed by atoms with Gasteiger partial charge in [-0.3, -0.25) is 0 Å². The molecule has 31 heavy (non-hydrogen) atoms. The van der Waals surface area contributed by atoms with E-state index in [0.717, 1.165) is 48.4 Å². The van der Waals surface area contributed by atoms with Crippen LogP contribution < -0.4 is 4.74 Å². The standard InChI is InChI=1S/C27H27F3O/c1-18-3-7-20(8-4-18)21-11-13-23(14-12-21)27(29,30)31-24-15-16-25(26(28)17-24)22-9-5-19(2)6-10-22/h3-4,7-8,11-17,19,22H,5-6,9-10H2,1-2H3. The molecule has 0 bridgehead atoms. The van der Waals surface area contributed by atoms with Crippen LogP contribution in [0, 0.1) is 18.7 Å². The summed E-state index contributed by atoms with van der Waals surface area (Å²) in [6, 6.07) is 18.0. The molecule has 4 heteroatoms. The molecule has 1 aliphatic rings. The molecule has 1 nitrogen and oxygen atoms in total. The van der Waals surface area contributed by atoms with Gasteiger partial charge in [0.25, 0.3) is 0 Å². The van der Waals surface area contributed by atoms with Crippen LogP contribution >= 0.6 is 0 Å². The third-order valence-electron chi connectivity index (χ3n) is 6.28. The van der Waals surface area contributed by atoms with Crippen LogP contribution in [0.15, 0.2) is 66.7 Å². The van der Waals surface area contributed by atoms with E-state index in [1.165, 1.54) is 18.2 Å². The first-order valence-electron chi connectivity index (χ1n) is 10.9. The molecular formula is C27H27F3O. The van der Waals surface area contributed by atoms with E-state index in [9.17, 15) is 13.2 Å². The van der Waals surface area contributed by atoms with Gasteiger partial charge < -0.3 is 4.74 Å². The average Bonchev–Trinajstić information content (AvgIpc) is 2.75. The Balaban J connectivity index is 1.48. The molecular weight excluding hydrogens is 397 g/mol. The Hall–Kier alpha value is -2.75. The highest BCUT2D eigenvalue weighted by Crippen LogP contribution is 2.39. The normalized spacial score (nSPS) is 19.3. The topological polar surface area (TPSA) is 9.23 Å². The fourth-order valence-corrected chi connectivity index (χ4v) is 4.28. The summed E-state index contributed by atoms with van der Waals surface area (Å²) in [6.45, 7) is 4.20. The van der Waals surface area contributed by atoms with E-state index in [4.69, 9.17) is 4.74 Å². The zero-order valence-electron chi connectivity index (χ0n) is 17.9. The Morgan fingerprint density at radius 1 is 0.806 bits per heavy atom. The molecule has 1 saturated carbocycles. The van der Waals surface area contributed by atoms with E-state index in [0.29, 0.717) is 11.5 Å². The maximum atomic E-state index is 14.7. The Labute approximate surface area is 181 Å². The first kappa shape index (κ1) is 21.5. The number of hydrogen-bond acceptors (Lipinski definition) is 1. The average molecular weight is 425 g/mol. The van der Waals surface area contributed by atoms with Gasteiger partial charge in [0.05, 0.1) is 5.56 Å². The quantitative estimate of drug-likeness (QED) is 0.401. The highest BCUT2D eigenvalue weighted by atomic mass is 19.3. The summed E-state index contributed by atoms with van der Waals surface area (Å²) in [5.41, 5.74) is 3.27. The van der Waals surface area contributed by atoms with Crippen molar-refractivity contribution in [1.82, 2.24) is 0 Å². The Morgan fingerprint density at radius 2 is 1.39 bits per heavy atom. The summed E-state index contributed by atoms with van der Waals surface area (Å²) in [7, 11) is 0. The van der Waals surface area contributed by atoms with Crippen molar-refractivity contribution in [1.29, 1.82) is 0 Å². The molecule has 0 heterocycles. The summed E-state index contributed by atoms with van der Waals surface area (Å²) in [4.78, 5) is 0. The summed E-state index contributed by atoms with van der Waals surface area (Å²) < 4.78 is 49.0. The van der Waals surface area contributed by atoms with Crippen molar-refractivity contribution in [2.24, 2.45) is 5.92 Å². The minimum absolute atomic E-state index is 0.153. The molecule has 0 aromatic heterocycles. The van der Waals surface area contributed by atoms with Crippen molar-refractivity contribution in [2.45, 2.75) is 51.6 Å². The number of benzene rings is 3. The lowest BCUT2D eigenvalue weighted by atomic mass is 9.79. The molecule has 3 aromatic rings. The second-order valence-electron chi connectivity index (χ2n) is 8.70. The fourth-order valence-electron chi connectivity index (χ4n) is 4.28. The molecule has 0 radical (unpaired) electrons. The van der Waals surface area contributed by atoms with Gasteiger partial charge in [-0.25, -0.2) is 4.39 Å². The van der Waals surface area contributed by atoms with Gasteiger partial charge in [-0.05, 0) is 66.5 Å². The molecule has 1 aliphatic carbocycles. The molecule has 0 spiro atoms. The van der Waals surface area contributed by atoms with E-state index in [1.807, 2.05) is 31.2 Å².